The lowest BCUT2D eigenvalue weighted by molar-refractivity contribution is 1.04. The number of fused-ring (bicyclic) bond motifs is 2. The van der Waals surface area contributed by atoms with Gasteiger partial charge in [0.05, 0.1) is 34.8 Å². The van der Waals surface area contributed by atoms with Crippen LogP contribution in [0.25, 0.3) is 49.9 Å². The van der Waals surface area contributed by atoms with E-state index in [0.29, 0.717) is 0 Å². The van der Waals surface area contributed by atoms with Gasteiger partial charge in [-0.25, -0.2) is 0 Å². The molecule has 3 heterocycles. The maximum Gasteiger partial charge on any atom is 0.0660 e. The fraction of sp³-hybridized carbons (Fsp3) is 0.0606. The van der Waals surface area contributed by atoms with E-state index in [2.05, 4.69) is 130 Å². The number of hydrogen-bond acceptors (Lipinski definition) is 1. The smallest absolute Gasteiger partial charge is 0.0660 e. The second-order valence-electron chi connectivity index (χ2n) is 9.29. The SMILES string of the molecule is C1=CCCC(c2cn(-c3cncc(-n4cc(-c5ccccc5)c5ccccc54)c3)c3ccccc23)=C1. The van der Waals surface area contributed by atoms with Crippen molar-refractivity contribution in [3.05, 3.63) is 134 Å². The molecule has 0 bridgehead atoms. The molecule has 3 heteroatoms. The van der Waals surface area contributed by atoms with Crippen LogP contribution in [0, 0.1) is 0 Å². The summed E-state index contributed by atoms with van der Waals surface area (Å²) in [7, 11) is 0. The minimum absolute atomic E-state index is 1.05. The van der Waals surface area contributed by atoms with E-state index in [1.807, 2.05) is 12.4 Å². The standard InChI is InChI=1S/C33H25N3/c1-3-11-24(12-4-1)30-22-35(32-17-9-7-15-28(30)32)26-19-27(21-34-20-26)36-23-31(25-13-5-2-6-14-25)29-16-8-10-18-33(29)36/h1-5,7-13,15-23H,6,14H2. The first kappa shape index (κ1) is 20.7. The molecule has 3 nitrogen and oxygen atoms in total. The van der Waals surface area contributed by atoms with Gasteiger partial charge in [0, 0.05) is 34.3 Å². The molecule has 36 heavy (non-hydrogen) atoms. The third-order valence-corrected chi connectivity index (χ3v) is 7.13. The Morgan fingerprint density at radius 3 is 1.92 bits per heavy atom. The molecule has 1 aliphatic carbocycles. The van der Waals surface area contributed by atoms with Crippen LogP contribution in [0.5, 0.6) is 0 Å². The van der Waals surface area contributed by atoms with Crippen LogP contribution in [0.15, 0.2) is 128 Å². The van der Waals surface area contributed by atoms with Crippen molar-refractivity contribution in [1.82, 2.24) is 14.1 Å². The topological polar surface area (TPSA) is 22.8 Å². The Bertz CT molecular complexity index is 1780. The average molecular weight is 464 g/mol. The van der Waals surface area contributed by atoms with Crippen molar-refractivity contribution < 1.29 is 0 Å². The van der Waals surface area contributed by atoms with Crippen LogP contribution in [0.3, 0.4) is 0 Å². The number of para-hydroxylation sites is 2. The summed E-state index contributed by atoms with van der Waals surface area (Å²) >= 11 is 0. The number of aromatic nitrogens is 3. The van der Waals surface area contributed by atoms with E-state index >= 15 is 0 Å². The number of pyridine rings is 1. The van der Waals surface area contributed by atoms with E-state index in [0.717, 1.165) is 24.2 Å². The van der Waals surface area contributed by atoms with Crippen LogP contribution in [-0.2, 0) is 0 Å². The minimum atomic E-state index is 1.05. The lowest BCUT2D eigenvalue weighted by Gasteiger charge is -2.10. The molecule has 0 spiro atoms. The van der Waals surface area contributed by atoms with Crippen molar-refractivity contribution in [3.8, 4) is 22.5 Å². The average Bonchev–Trinajstić information content (AvgIpc) is 3.54. The van der Waals surface area contributed by atoms with Crippen LogP contribution in [-0.4, -0.2) is 14.1 Å². The largest absolute Gasteiger partial charge is 0.314 e. The second-order valence-corrected chi connectivity index (χ2v) is 9.29. The molecule has 172 valence electrons. The van der Waals surface area contributed by atoms with Gasteiger partial charge in [-0.3, -0.25) is 4.98 Å². The molecule has 3 aromatic carbocycles. The first-order valence-electron chi connectivity index (χ1n) is 12.4. The Kier molecular flexibility index (Phi) is 4.92. The van der Waals surface area contributed by atoms with E-state index in [1.165, 1.54) is 44.1 Å². The van der Waals surface area contributed by atoms with Crippen LogP contribution >= 0.6 is 0 Å². The van der Waals surface area contributed by atoms with Crippen molar-refractivity contribution in [2.75, 3.05) is 0 Å². The highest BCUT2D eigenvalue weighted by atomic mass is 15.0. The van der Waals surface area contributed by atoms with Gasteiger partial charge >= 0.3 is 0 Å². The molecular formula is C33H25N3. The molecule has 0 fully saturated rings. The Morgan fingerprint density at radius 2 is 1.25 bits per heavy atom. The molecule has 0 aliphatic heterocycles. The van der Waals surface area contributed by atoms with Crippen molar-refractivity contribution in [2.45, 2.75) is 12.8 Å². The summed E-state index contributed by atoms with van der Waals surface area (Å²) in [5.41, 5.74) is 9.61. The molecule has 0 saturated heterocycles. The normalized spacial score (nSPS) is 13.4. The zero-order chi connectivity index (χ0) is 23.9. The fourth-order valence-electron chi connectivity index (χ4n) is 5.40. The maximum absolute atomic E-state index is 4.69. The fourth-order valence-corrected chi connectivity index (χ4v) is 5.40. The number of hydrogen-bond donors (Lipinski definition) is 0. The third-order valence-electron chi connectivity index (χ3n) is 7.13. The van der Waals surface area contributed by atoms with Gasteiger partial charge in [0.15, 0.2) is 0 Å². The van der Waals surface area contributed by atoms with E-state index in [1.54, 1.807) is 0 Å². The molecular weight excluding hydrogens is 438 g/mol. The highest BCUT2D eigenvalue weighted by Gasteiger charge is 2.16. The Balaban J connectivity index is 1.40. The predicted molar refractivity (Wildman–Crippen MR) is 150 cm³/mol. The summed E-state index contributed by atoms with van der Waals surface area (Å²) in [5.74, 6) is 0. The summed E-state index contributed by atoms with van der Waals surface area (Å²) in [4.78, 5) is 4.69. The highest BCUT2D eigenvalue weighted by molar-refractivity contribution is 5.97. The van der Waals surface area contributed by atoms with Gasteiger partial charge in [-0.2, -0.15) is 0 Å². The molecule has 0 amide bonds. The molecule has 0 unspecified atom stereocenters. The quantitative estimate of drug-likeness (QED) is 0.257. The molecule has 1 aliphatic rings. The molecule has 0 N–H and O–H groups in total. The Morgan fingerprint density at radius 1 is 0.639 bits per heavy atom. The van der Waals surface area contributed by atoms with Crippen LogP contribution < -0.4 is 0 Å². The first-order valence-corrected chi connectivity index (χ1v) is 12.4. The van der Waals surface area contributed by atoms with Crippen LogP contribution in [0.4, 0.5) is 0 Å². The number of allylic oxidation sites excluding steroid dienone is 4. The van der Waals surface area contributed by atoms with Gasteiger partial charge in [0.2, 0.25) is 0 Å². The van der Waals surface area contributed by atoms with Crippen molar-refractivity contribution >= 4 is 27.4 Å². The first-order chi connectivity index (χ1) is 17.9. The Hall–Kier alpha value is -4.63. The van der Waals surface area contributed by atoms with Crippen molar-refractivity contribution in [3.63, 3.8) is 0 Å². The highest BCUT2D eigenvalue weighted by Crippen LogP contribution is 2.35. The van der Waals surface area contributed by atoms with Gasteiger partial charge in [0.1, 0.15) is 0 Å². The third kappa shape index (κ3) is 3.40. The minimum Gasteiger partial charge on any atom is -0.314 e. The number of nitrogens with zero attached hydrogens (tertiary/aromatic N) is 3. The molecule has 0 atom stereocenters. The predicted octanol–water partition coefficient (Wildman–Crippen LogP) is 8.37. The van der Waals surface area contributed by atoms with E-state index in [-0.39, 0.29) is 0 Å². The zero-order valence-corrected chi connectivity index (χ0v) is 19.9. The number of rotatable bonds is 4. The molecule has 0 radical (unpaired) electrons. The van der Waals surface area contributed by atoms with Gasteiger partial charge in [0.25, 0.3) is 0 Å². The molecule has 6 aromatic rings. The summed E-state index contributed by atoms with van der Waals surface area (Å²) in [6.07, 6.45) is 17.2. The number of benzene rings is 3. The van der Waals surface area contributed by atoms with Crippen molar-refractivity contribution in [2.24, 2.45) is 0 Å². The summed E-state index contributed by atoms with van der Waals surface area (Å²) in [6, 6.07) is 30.1. The van der Waals surface area contributed by atoms with E-state index in [9.17, 15) is 0 Å². The molecule has 0 saturated carbocycles. The molecule has 7 rings (SSSR count). The zero-order valence-electron chi connectivity index (χ0n) is 19.9. The molecule has 3 aromatic heterocycles. The lowest BCUT2D eigenvalue weighted by atomic mass is 9.97. The van der Waals surface area contributed by atoms with Gasteiger partial charge in [-0.15, -0.1) is 0 Å². The van der Waals surface area contributed by atoms with E-state index in [4.69, 9.17) is 0 Å². The van der Waals surface area contributed by atoms with Crippen LogP contribution in [0.2, 0.25) is 0 Å². The lowest BCUT2D eigenvalue weighted by Crippen LogP contribution is -1.98. The summed E-state index contributed by atoms with van der Waals surface area (Å²) < 4.78 is 4.54. The Labute approximate surface area is 210 Å². The van der Waals surface area contributed by atoms with Gasteiger partial charge in [-0.05, 0) is 42.2 Å². The van der Waals surface area contributed by atoms with Crippen LogP contribution in [0.1, 0.15) is 18.4 Å². The summed E-state index contributed by atoms with van der Waals surface area (Å²) in [6.45, 7) is 0. The monoisotopic (exact) mass is 463 g/mol. The van der Waals surface area contributed by atoms with Gasteiger partial charge < -0.3 is 9.13 Å². The van der Waals surface area contributed by atoms with Gasteiger partial charge in [-0.1, -0.05) is 85.0 Å². The summed E-state index contributed by atoms with van der Waals surface area (Å²) in [5, 5.41) is 2.52. The van der Waals surface area contributed by atoms with E-state index < -0.39 is 0 Å². The van der Waals surface area contributed by atoms with Crippen molar-refractivity contribution in [1.29, 1.82) is 0 Å². The second kappa shape index (κ2) is 8.54. The maximum atomic E-state index is 4.69.